The second kappa shape index (κ2) is 7.51. The molecule has 0 spiro atoms. The molecule has 2 aromatic carbocycles. The fourth-order valence-corrected chi connectivity index (χ4v) is 2.46. The van der Waals surface area contributed by atoms with Crippen LogP contribution in [-0.2, 0) is 11.3 Å². The van der Waals surface area contributed by atoms with Crippen LogP contribution in [0.1, 0.15) is 36.7 Å². The van der Waals surface area contributed by atoms with E-state index < -0.39 is 5.41 Å². The molecule has 2 amide bonds. The molecule has 0 unspecified atom stereocenters. The van der Waals surface area contributed by atoms with Crippen molar-refractivity contribution >= 4 is 17.5 Å². The minimum absolute atomic E-state index is 0.182. The van der Waals surface area contributed by atoms with Gasteiger partial charge in [0.15, 0.2) is 0 Å². The van der Waals surface area contributed by atoms with Gasteiger partial charge in [0.2, 0.25) is 5.91 Å². The van der Waals surface area contributed by atoms with Gasteiger partial charge in [-0.2, -0.15) is 0 Å². The summed E-state index contributed by atoms with van der Waals surface area (Å²) in [6.07, 6.45) is 0. The van der Waals surface area contributed by atoms with Crippen molar-refractivity contribution < 1.29 is 9.59 Å². The van der Waals surface area contributed by atoms with Crippen molar-refractivity contribution in [3.8, 4) is 0 Å². The molecule has 0 saturated heterocycles. The lowest BCUT2D eigenvalue weighted by Crippen LogP contribution is -2.43. The van der Waals surface area contributed by atoms with Crippen molar-refractivity contribution in [3.05, 3.63) is 65.7 Å². The summed E-state index contributed by atoms with van der Waals surface area (Å²) in [6, 6.07) is 16.9. The maximum atomic E-state index is 13.0. The van der Waals surface area contributed by atoms with Gasteiger partial charge in [-0.25, -0.2) is 0 Å². The van der Waals surface area contributed by atoms with Crippen LogP contribution in [0.5, 0.6) is 0 Å². The molecule has 25 heavy (non-hydrogen) atoms. The highest BCUT2D eigenvalue weighted by molar-refractivity contribution is 6.06. The van der Waals surface area contributed by atoms with Gasteiger partial charge in [0, 0.05) is 30.8 Å². The van der Waals surface area contributed by atoms with Crippen molar-refractivity contribution in [1.82, 2.24) is 4.90 Å². The molecule has 0 aliphatic heterocycles. The van der Waals surface area contributed by atoms with E-state index in [0.29, 0.717) is 5.56 Å². The lowest BCUT2D eigenvalue weighted by atomic mass is 9.94. The molecule has 0 radical (unpaired) electrons. The highest BCUT2D eigenvalue weighted by atomic mass is 16.2. The van der Waals surface area contributed by atoms with E-state index in [1.165, 1.54) is 4.90 Å². The van der Waals surface area contributed by atoms with E-state index in [4.69, 9.17) is 0 Å². The monoisotopic (exact) mass is 338 g/mol. The maximum absolute atomic E-state index is 13.0. The summed E-state index contributed by atoms with van der Waals surface area (Å²) in [5.74, 6) is -0.452. The zero-order valence-corrected chi connectivity index (χ0v) is 15.6. The van der Waals surface area contributed by atoms with E-state index in [1.807, 2.05) is 82.2 Å². The van der Waals surface area contributed by atoms with Crippen molar-refractivity contribution in [2.45, 2.75) is 27.3 Å². The number of amides is 2. The first-order valence-corrected chi connectivity index (χ1v) is 8.38. The van der Waals surface area contributed by atoms with Crippen LogP contribution in [-0.4, -0.2) is 30.8 Å². The molecule has 0 N–H and O–H groups in total. The second-order valence-electron chi connectivity index (χ2n) is 7.37. The smallest absolute Gasteiger partial charge is 0.260 e. The first-order valence-electron chi connectivity index (χ1n) is 8.38. The highest BCUT2D eigenvalue weighted by Crippen LogP contribution is 2.22. The van der Waals surface area contributed by atoms with Gasteiger partial charge in [-0.05, 0) is 29.8 Å². The Labute approximate surface area is 150 Å². The molecule has 0 heterocycles. The Kier molecular flexibility index (Phi) is 5.62. The first kappa shape index (κ1) is 18.7. The average Bonchev–Trinajstić information content (AvgIpc) is 2.58. The second-order valence-corrected chi connectivity index (χ2v) is 7.37. The standard InChI is InChI=1S/C21H26N2O2/c1-21(2,3)20(25)23(15-16-9-7-6-8-10-16)19(24)17-11-13-18(14-12-17)22(4)5/h6-14H,15H2,1-5H3. The summed E-state index contributed by atoms with van der Waals surface area (Å²) in [5.41, 5.74) is 1.82. The first-order chi connectivity index (χ1) is 11.7. The molecule has 132 valence electrons. The third-order valence-electron chi connectivity index (χ3n) is 3.95. The zero-order chi connectivity index (χ0) is 18.6. The van der Waals surface area contributed by atoms with Crippen LogP contribution in [0.2, 0.25) is 0 Å². The van der Waals surface area contributed by atoms with Gasteiger partial charge in [0.1, 0.15) is 0 Å². The number of carbonyl (C=O) groups is 2. The Bertz CT molecular complexity index is 729. The van der Waals surface area contributed by atoms with Gasteiger partial charge in [-0.15, -0.1) is 0 Å². The van der Waals surface area contributed by atoms with Gasteiger partial charge in [-0.3, -0.25) is 14.5 Å². The summed E-state index contributed by atoms with van der Waals surface area (Å²) in [5, 5.41) is 0. The van der Waals surface area contributed by atoms with Crippen LogP contribution in [0.25, 0.3) is 0 Å². The quantitative estimate of drug-likeness (QED) is 0.847. The Morgan fingerprint density at radius 3 is 1.92 bits per heavy atom. The van der Waals surface area contributed by atoms with Gasteiger partial charge in [0.05, 0.1) is 6.54 Å². The fraction of sp³-hybridized carbons (Fsp3) is 0.333. The Hall–Kier alpha value is -2.62. The summed E-state index contributed by atoms with van der Waals surface area (Å²) < 4.78 is 0. The minimum atomic E-state index is -0.631. The van der Waals surface area contributed by atoms with Crippen molar-refractivity contribution in [2.24, 2.45) is 5.41 Å². The number of imide groups is 1. The van der Waals surface area contributed by atoms with E-state index in [9.17, 15) is 9.59 Å². The molecule has 4 nitrogen and oxygen atoms in total. The minimum Gasteiger partial charge on any atom is -0.378 e. The molecule has 0 saturated carbocycles. The predicted molar refractivity (Wildman–Crippen MR) is 102 cm³/mol. The van der Waals surface area contributed by atoms with Crippen LogP contribution in [0.3, 0.4) is 0 Å². The number of anilines is 1. The third-order valence-corrected chi connectivity index (χ3v) is 3.95. The van der Waals surface area contributed by atoms with Gasteiger partial charge in [0.25, 0.3) is 5.91 Å². The van der Waals surface area contributed by atoms with Crippen LogP contribution in [0, 0.1) is 5.41 Å². The Morgan fingerprint density at radius 1 is 0.880 bits per heavy atom. The molecule has 0 bridgehead atoms. The van der Waals surface area contributed by atoms with Gasteiger partial charge < -0.3 is 4.90 Å². The fourth-order valence-electron chi connectivity index (χ4n) is 2.46. The number of nitrogens with zero attached hydrogens (tertiary/aromatic N) is 2. The molecular formula is C21H26N2O2. The summed E-state index contributed by atoms with van der Waals surface area (Å²) >= 11 is 0. The summed E-state index contributed by atoms with van der Waals surface area (Å²) in [6.45, 7) is 5.76. The van der Waals surface area contributed by atoms with Crippen molar-refractivity contribution in [1.29, 1.82) is 0 Å². The van der Waals surface area contributed by atoms with Crippen molar-refractivity contribution in [2.75, 3.05) is 19.0 Å². The molecule has 2 rings (SSSR count). The number of hydrogen-bond donors (Lipinski definition) is 0. The van der Waals surface area contributed by atoms with Crippen LogP contribution in [0.15, 0.2) is 54.6 Å². The van der Waals surface area contributed by atoms with E-state index in [0.717, 1.165) is 11.3 Å². The van der Waals surface area contributed by atoms with E-state index in [-0.39, 0.29) is 18.4 Å². The van der Waals surface area contributed by atoms with Gasteiger partial charge >= 0.3 is 0 Å². The molecular weight excluding hydrogens is 312 g/mol. The Balaban J connectivity index is 2.33. The molecule has 0 atom stereocenters. The summed E-state index contributed by atoms with van der Waals surface area (Å²) in [4.78, 5) is 29.2. The predicted octanol–water partition coefficient (Wildman–Crippen LogP) is 3.97. The number of benzene rings is 2. The Morgan fingerprint density at radius 2 is 1.44 bits per heavy atom. The molecule has 0 aliphatic rings. The van der Waals surface area contributed by atoms with Crippen molar-refractivity contribution in [3.63, 3.8) is 0 Å². The van der Waals surface area contributed by atoms with E-state index in [2.05, 4.69) is 0 Å². The zero-order valence-electron chi connectivity index (χ0n) is 15.6. The normalized spacial score (nSPS) is 11.1. The lowest BCUT2D eigenvalue weighted by molar-refractivity contribution is -0.137. The highest BCUT2D eigenvalue weighted by Gasteiger charge is 2.32. The largest absolute Gasteiger partial charge is 0.378 e. The number of carbonyl (C=O) groups excluding carboxylic acids is 2. The van der Waals surface area contributed by atoms with Gasteiger partial charge in [-0.1, -0.05) is 51.1 Å². The molecule has 0 aromatic heterocycles. The molecule has 0 aliphatic carbocycles. The third kappa shape index (κ3) is 4.69. The molecule has 0 fully saturated rings. The van der Waals surface area contributed by atoms with E-state index >= 15 is 0 Å². The molecule has 2 aromatic rings. The summed E-state index contributed by atoms with van der Waals surface area (Å²) in [7, 11) is 3.89. The average molecular weight is 338 g/mol. The lowest BCUT2D eigenvalue weighted by Gasteiger charge is -2.28. The number of hydrogen-bond acceptors (Lipinski definition) is 3. The van der Waals surface area contributed by atoms with E-state index in [1.54, 1.807) is 12.1 Å². The topological polar surface area (TPSA) is 40.6 Å². The van der Waals surface area contributed by atoms with Crippen LogP contribution >= 0.6 is 0 Å². The van der Waals surface area contributed by atoms with Crippen LogP contribution < -0.4 is 4.90 Å². The SMILES string of the molecule is CN(C)c1ccc(C(=O)N(Cc2ccccc2)C(=O)C(C)(C)C)cc1. The molecule has 4 heteroatoms. The number of rotatable bonds is 4. The van der Waals surface area contributed by atoms with Crippen LogP contribution in [0.4, 0.5) is 5.69 Å². The maximum Gasteiger partial charge on any atom is 0.260 e.